The summed E-state index contributed by atoms with van der Waals surface area (Å²) < 4.78 is 40.6. The molecule has 2 N–H and O–H groups in total. The quantitative estimate of drug-likeness (QED) is 0.119. The van der Waals surface area contributed by atoms with Crippen LogP contribution in [0.15, 0.2) is 139 Å². The topological polar surface area (TPSA) is 189 Å². The van der Waals surface area contributed by atoms with Crippen molar-refractivity contribution in [2.45, 2.75) is 4.90 Å². The summed E-state index contributed by atoms with van der Waals surface area (Å²) in [6, 6.07) is 29.4. The average Bonchev–Trinajstić information content (AvgIpc) is 3.56. The van der Waals surface area contributed by atoms with Crippen LogP contribution < -0.4 is 4.74 Å². The number of ether oxygens (including phenoxy) is 1. The molecule has 1 heterocycles. The van der Waals surface area contributed by atoms with Gasteiger partial charge in [-0.05, 0) is 77.5 Å². The van der Waals surface area contributed by atoms with E-state index in [9.17, 15) is 18.1 Å². The van der Waals surface area contributed by atoms with Crippen LogP contribution in [0.2, 0.25) is 0 Å². The number of hydrogen-bond donors (Lipinski definition) is 2. The highest BCUT2D eigenvalue weighted by Crippen LogP contribution is 2.43. The number of rotatable bonds is 8. The fourth-order valence-electron chi connectivity index (χ4n) is 5.25. The van der Waals surface area contributed by atoms with Crippen LogP contribution in [0.4, 0.5) is 28.4 Å². The van der Waals surface area contributed by atoms with Crippen LogP contribution in [0.5, 0.6) is 11.5 Å². The van der Waals surface area contributed by atoms with Gasteiger partial charge in [0.1, 0.15) is 33.1 Å². The summed E-state index contributed by atoms with van der Waals surface area (Å²) >= 11 is 0. The number of benzene rings is 6. The number of methoxy groups -OCH3 is 1. The standard InChI is InChI=1S/C34H25N9O5S/c1-35-36-22-8-10-23(11-9-22)37-38-24-12-16-28(30(19-24)48-2)39-40-33-31(49(45,46)47)18-21-17-25(13-14-27(21)34(33)44)43-41-29-15-7-20-5-3-4-6-26(20)32(29)42-43/h3-19,44H,1-2H3,(H,45,46,47). The maximum absolute atomic E-state index is 12.5. The first kappa shape index (κ1) is 31.2. The van der Waals surface area contributed by atoms with Gasteiger partial charge in [-0.25, -0.2) is 0 Å². The second kappa shape index (κ2) is 12.6. The van der Waals surface area contributed by atoms with Gasteiger partial charge >= 0.3 is 0 Å². The first-order valence-electron chi connectivity index (χ1n) is 14.7. The Morgan fingerprint density at radius 2 is 1.45 bits per heavy atom. The molecular weight excluding hydrogens is 646 g/mol. The molecule has 0 spiro atoms. The minimum Gasteiger partial charge on any atom is -0.505 e. The van der Waals surface area contributed by atoms with Gasteiger partial charge in [-0.2, -0.15) is 33.7 Å². The molecule has 1 aromatic heterocycles. The molecule has 242 valence electrons. The second-order valence-electron chi connectivity index (χ2n) is 10.7. The van der Waals surface area contributed by atoms with E-state index in [-0.39, 0.29) is 16.8 Å². The summed E-state index contributed by atoms with van der Waals surface area (Å²) in [5.74, 6) is -0.245. The molecule has 0 bridgehead atoms. The van der Waals surface area contributed by atoms with Crippen LogP contribution in [-0.4, -0.2) is 47.2 Å². The maximum atomic E-state index is 12.5. The zero-order valence-electron chi connectivity index (χ0n) is 25.9. The number of aromatic hydroxyl groups is 1. The number of phenols is 1. The number of fused-ring (bicyclic) bond motifs is 4. The van der Waals surface area contributed by atoms with E-state index in [4.69, 9.17) is 4.74 Å². The van der Waals surface area contributed by atoms with E-state index in [2.05, 4.69) is 40.9 Å². The molecule has 15 heteroatoms. The van der Waals surface area contributed by atoms with Gasteiger partial charge in [0.2, 0.25) is 0 Å². The Labute approximate surface area is 278 Å². The third-order valence-electron chi connectivity index (χ3n) is 7.59. The van der Waals surface area contributed by atoms with Gasteiger partial charge in [0, 0.05) is 23.9 Å². The van der Waals surface area contributed by atoms with Crippen LogP contribution in [-0.2, 0) is 10.1 Å². The summed E-state index contributed by atoms with van der Waals surface area (Å²) in [6.45, 7) is 0. The van der Waals surface area contributed by atoms with Crippen molar-refractivity contribution in [1.82, 2.24) is 15.0 Å². The van der Waals surface area contributed by atoms with Crippen molar-refractivity contribution < 1.29 is 22.8 Å². The van der Waals surface area contributed by atoms with Crippen LogP contribution in [0.1, 0.15) is 0 Å². The number of hydrogen-bond acceptors (Lipinski definition) is 12. The molecular formula is C34H25N9O5S. The third-order valence-corrected chi connectivity index (χ3v) is 8.45. The van der Waals surface area contributed by atoms with Crippen molar-refractivity contribution in [3.63, 3.8) is 0 Å². The van der Waals surface area contributed by atoms with Crippen molar-refractivity contribution in [2.24, 2.45) is 30.7 Å². The van der Waals surface area contributed by atoms with Crippen LogP contribution in [0.3, 0.4) is 0 Å². The number of phenolic OH excluding ortho intramolecular Hbond substituents is 1. The highest BCUT2D eigenvalue weighted by atomic mass is 32.2. The lowest BCUT2D eigenvalue weighted by Gasteiger charge is -2.10. The lowest BCUT2D eigenvalue weighted by atomic mass is 10.1. The fraction of sp³-hybridized carbons (Fsp3) is 0.0588. The van der Waals surface area contributed by atoms with Gasteiger partial charge in [0.25, 0.3) is 10.1 Å². The van der Waals surface area contributed by atoms with Crippen molar-refractivity contribution in [1.29, 1.82) is 0 Å². The monoisotopic (exact) mass is 671 g/mol. The molecule has 7 rings (SSSR count). The molecule has 0 aliphatic heterocycles. The molecule has 0 unspecified atom stereocenters. The fourth-order valence-corrected chi connectivity index (χ4v) is 5.91. The van der Waals surface area contributed by atoms with E-state index in [0.717, 1.165) is 10.8 Å². The van der Waals surface area contributed by atoms with E-state index < -0.39 is 26.5 Å². The molecule has 0 aliphatic rings. The van der Waals surface area contributed by atoms with E-state index in [1.807, 2.05) is 36.4 Å². The summed E-state index contributed by atoms with van der Waals surface area (Å²) in [7, 11) is -1.85. The summed E-state index contributed by atoms with van der Waals surface area (Å²) in [6.07, 6.45) is 0. The average molecular weight is 672 g/mol. The highest BCUT2D eigenvalue weighted by Gasteiger charge is 2.23. The van der Waals surface area contributed by atoms with Crippen LogP contribution in [0, 0.1) is 0 Å². The molecule has 0 amide bonds. The van der Waals surface area contributed by atoms with Crippen molar-refractivity contribution in [2.75, 3.05) is 14.2 Å². The van der Waals surface area contributed by atoms with E-state index in [1.165, 1.54) is 18.0 Å². The molecule has 7 aromatic rings. The Morgan fingerprint density at radius 1 is 0.714 bits per heavy atom. The minimum atomic E-state index is -4.86. The van der Waals surface area contributed by atoms with Gasteiger partial charge in [0.05, 0.1) is 29.9 Å². The predicted octanol–water partition coefficient (Wildman–Crippen LogP) is 9.23. The lowest BCUT2D eigenvalue weighted by Crippen LogP contribution is -2.01. The third kappa shape index (κ3) is 6.18. The molecule has 14 nitrogen and oxygen atoms in total. The minimum absolute atomic E-state index is 0.205. The van der Waals surface area contributed by atoms with Crippen molar-refractivity contribution >= 4 is 71.1 Å². The van der Waals surface area contributed by atoms with E-state index >= 15 is 0 Å². The Balaban J connectivity index is 1.22. The Kier molecular flexibility index (Phi) is 8.03. The molecule has 0 radical (unpaired) electrons. The lowest BCUT2D eigenvalue weighted by molar-refractivity contribution is 0.416. The zero-order valence-corrected chi connectivity index (χ0v) is 26.7. The van der Waals surface area contributed by atoms with Gasteiger partial charge in [-0.15, -0.1) is 20.4 Å². The summed E-state index contributed by atoms with van der Waals surface area (Å²) in [5.41, 5.74) is 3.36. The Morgan fingerprint density at radius 3 is 2.20 bits per heavy atom. The first-order chi connectivity index (χ1) is 23.7. The second-order valence-corrected chi connectivity index (χ2v) is 12.1. The smallest absolute Gasteiger partial charge is 0.296 e. The van der Waals surface area contributed by atoms with Crippen LogP contribution >= 0.6 is 0 Å². The van der Waals surface area contributed by atoms with Crippen LogP contribution in [0.25, 0.3) is 38.3 Å². The molecule has 0 atom stereocenters. The number of aromatic nitrogens is 3. The van der Waals surface area contributed by atoms with Crippen molar-refractivity contribution in [3.05, 3.63) is 103 Å². The van der Waals surface area contributed by atoms with Gasteiger partial charge in [-0.1, -0.05) is 30.3 Å². The molecule has 6 aromatic carbocycles. The van der Waals surface area contributed by atoms with Gasteiger partial charge < -0.3 is 9.84 Å². The van der Waals surface area contributed by atoms with Gasteiger partial charge in [-0.3, -0.25) is 4.55 Å². The summed E-state index contributed by atoms with van der Waals surface area (Å²) in [5, 5.41) is 47.3. The SMILES string of the molecule is CN=Nc1ccc(N=Nc2ccc(N=Nc3c(S(=O)(=O)O)cc4cc(-n5nc6ccc7ccccc7c6n5)ccc4c3O)c(OC)c2)cc1. The number of nitrogens with zero attached hydrogens (tertiary/aromatic N) is 9. The molecule has 49 heavy (non-hydrogen) atoms. The molecule has 0 saturated carbocycles. The molecule has 0 aliphatic carbocycles. The molecule has 0 fully saturated rings. The molecule has 0 saturated heterocycles. The summed E-state index contributed by atoms with van der Waals surface area (Å²) in [4.78, 5) is 0.790. The van der Waals surface area contributed by atoms with E-state index in [1.54, 1.807) is 67.7 Å². The van der Waals surface area contributed by atoms with Gasteiger partial charge in [0.15, 0.2) is 5.75 Å². The normalized spacial score (nSPS) is 12.4. The maximum Gasteiger partial charge on any atom is 0.296 e. The Bertz CT molecular complexity index is 2600. The van der Waals surface area contributed by atoms with E-state index in [0.29, 0.717) is 39.2 Å². The largest absolute Gasteiger partial charge is 0.505 e. The zero-order chi connectivity index (χ0) is 34.1. The predicted molar refractivity (Wildman–Crippen MR) is 184 cm³/mol. The highest BCUT2D eigenvalue weighted by molar-refractivity contribution is 7.86. The Hall–Kier alpha value is -6.45. The van der Waals surface area contributed by atoms with Crippen molar-refractivity contribution in [3.8, 4) is 17.2 Å². The number of azo groups is 3. The first-order valence-corrected chi connectivity index (χ1v) is 16.1.